The zero-order chi connectivity index (χ0) is 19.3. The minimum atomic E-state index is -4.43. The van der Waals surface area contributed by atoms with Gasteiger partial charge in [0.2, 0.25) is 0 Å². The summed E-state index contributed by atoms with van der Waals surface area (Å²) in [6, 6.07) is 9.88. The van der Waals surface area contributed by atoms with Crippen LogP contribution in [0.5, 0.6) is 0 Å². The molecule has 0 aliphatic rings. The van der Waals surface area contributed by atoms with E-state index < -0.39 is 17.8 Å². The zero-order valence-corrected chi connectivity index (χ0v) is 14.1. The summed E-state index contributed by atoms with van der Waals surface area (Å²) in [4.78, 5) is 16.1. The van der Waals surface area contributed by atoms with Gasteiger partial charge in [-0.1, -0.05) is 12.1 Å². The Morgan fingerprint density at radius 3 is 2.74 bits per heavy atom. The highest BCUT2D eigenvalue weighted by molar-refractivity contribution is 5.88. The van der Waals surface area contributed by atoms with Crippen LogP contribution in [0.4, 0.5) is 23.7 Å². The first-order valence-corrected chi connectivity index (χ1v) is 8.09. The van der Waals surface area contributed by atoms with Crippen LogP contribution in [0.1, 0.15) is 11.3 Å². The van der Waals surface area contributed by atoms with Crippen molar-refractivity contribution in [1.82, 2.24) is 20.1 Å². The number of carbonyl (C=O) groups is 1. The number of rotatable bonds is 5. The Bertz CT molecular complexity index is 909. The van der Waals surface area contributed by atoms with Crippen molar-refractivity contribution in [3.05, 3.63) is 72.3 Å². The summed E-state index contributed by atoms with van der Waals surface area (Å²) in [6.07, 6.45) is 0.624. The molecule has 0 bridgehead atoms. The van der Waals surface area contributed by atoms with Crippen molar-refractivity contribution in [2.45, 2.75) is 12.6 Å². The van der Waals surface area contributed by atoms with E-state index in [1.165, 1.54) is 29.2 Å². The molecule has 9 heteroatoms. The quantitative estimate of drug-likeness (QED) is 0.715. The van der Waals surface area contributed by atoms with E-state index in [9.17, 15) is 18.0 Å². The Hall–Kier alpha value is -3.36. The molecule has 1 aromatic carbocycles. The number of hydrogen-bond donors (Lipinski definition) is 2. The number of nitrogens with one attached hydrogen (secondary N) is 2. The van der Waals surface area contributed by atoms with E-state index in [1.807, 2.05) is 18.2 Å². The highest BCUT2D eigenvalue weighted by Crippen LogP contribution is 2.30. The van der Waals surface area contributed by atoms with Gasteiger partial charge < -0.3 is 10.6 Å². The molecule has 0 fully saturated rings. The smallest absolute Gasteiger partial charge is 0.337 e. The van der Waals surface area contributed by atoms with Gasteiger partial charge in [0.25, 0.3) is 0 Å². The zero-order valence-electron chi connectivity index (χ0n) is 14.1. The Labute approximate surface area is 153 Å². The number of alkyl halides is 3. The van der Waals surface area contributed by atoms with Crippen molar-refractivity contribution in [3.8, 4) is 5.69 Å². The first-order valence-electron chi connectivity index (χ1n) is 8.09. The maximum Gasteiger partial charge on any atom is 0.416 e. The maximum atomic E-state index is 12.8. The number of urea groups is 1. The lowest BCUT2D eigenvalue weighted by atomic mass is 10.2. The van der Waals surface area contributed by atoms with Crippen LogP contribution in [0.2, 0.25) is 0 Å². The average Bonchev–Trinajstić information content (AvgIpc) is 3.10. The molecule has 2 amide bonds. The predicted molar refractivity (Wildman–Crippen MR) is 93.5 cm³/mol. The molecule has 27 heavy (non-hydrogen) atoms. The standard InChI is InChI=1S/C18H16F3N5O/c19-18(20,21)13-4-3-6-16(10-13)26-12-15(11-24-26)25-17(27)23-9-7-14-5-1-2-8-22-14/h1-6,8,10-12H,7,9H2,(H2,23,25,27). The maximum absolute atomic E-state index is 12.8. The van der Waals surface area contributed by atoms with Gasteiger partial charge in [-0.05, 0) is 30.3 Å². The molecule has 6 nitrogen and oxygen atoms in total. The molecule has 140 valence electrons. The molecule has 0 radical (unpaired) electrons. The molecule has 0 unspecified atom stereocenters. The van der Waals surface area contributed by atoms with Crippen LogP contribution in [0.15, 0.2) is 61.1 Å². The van der Waals surface area contributed by atoms with Gasteiger partial charge in [-0.15, -0.1) is 0 Å². The van der Waals surface area contributed by atoms with Crippen LogP contribution >= 0.6 is 0 Å². The molecular weight excluding hydrogens is 359 g/mol. The third kappa shape index (κ3) is 5.06. The van der Waals surface area contributed by atoms with Gasteiger partial charge in [0.15, 0.2) is 0 Å². The molecule has 3 aromatic rings. The fourth-order valence-corrected chi connectivity index (χ4v) is 2.38. The number of pyridine rings is 1. The fourth-order valence-electron chi connectivity index (χ4n) is 2.38. The Morgan fingerprint density at radius 1 is 1.15 bits per heavy atom. The lowest BCUT2D eigenvalue weighted by Crippen LogP contribution is -2.30. The number of amides is 2. The summed E-state index contributed by atoms with van der Waals surface area (Å²) in [5.74, 6) is 0. The average molecular weight is 375 g/mol. The number of benzene rings is 1. The van der Waals surface area contributed by atoms with E-state index in [0.29, 0.717) is 18.7 Å². The molecule has 2 aromatic heterocycles. The van der Waals surface area contributed by atoms with Crippen molar-refractivity contribution in [3.63, 3.8) is 0 Å². The molecule has 0 aliphatic carbocycles. The van der Waals surface area contributed by atoms with E-state index in [4.69, 9.17) is 0 Å². The topological polar surface area (TPSA) is 71.8 Å². The van der Waals surface area contributed by atoms with Crippen LogP contribution in [0.3, 0.4) is 0 Å². The highest BCUT2D eigenvalue weighted by atomic mass is 19.4. The normalized spacial score (nSPS) is 11.2. The van der Waals surface area contributed by atoms with Crippen LogP contribution in [0.25, 0.3) is 5.69 Å². The van der Waals surface area contributed by atoms with Crippen LogP contribution < -0.4 is 10.6 Å². The van der Waals surface area contributed by atoms with Crippen LogP contribution in [0, 0.1) is 0 Å². The van der Waals surface area contributed by atoms with Crippen molar-refractivity contribution in [2.75, 3.05) is 11.9 Å². The second kappa shape index (κ2) is 7.90. The van der Waals surface area contributed by atoms with Gasteiger partial charge in [-0.3, -0.25) is 4.98 Å². The summed E-state index contributed by atoms with van der Waals surface area (Å²) in [5.41, 5.74) is 0.698. The van der Waals surface area contributed by atoms with Crippen molar-refractivity contribution in [2.24, 2.45) is 0 Å². The molecule has 2 heterocycles. The summed E-state index contributed by atoms with van der Waals surface area (Å²) < 4.78 is 39.7. The van der Waals surface area contributed by atoms with E-state index in [-0.39, 0.29) is 5.69 Å². The number of halogens is 3. The number of nitrogens with zero attached hydrogens (tertiary/aromatic N) is 3. The summed E-state index contributed by atoms with van der Waals surface area (Å²) in [6.45, 7) is 0.393. The monoisotopic (exact) mass is 375 g/mol. The minimum Gasteiger partial charge on any atom is -0.337 e. The Kier molecular flexibility index (Phi) is 5.39. The molecule has 0 saturated heterocycles. The number of hydrogen-bond acceptors (Lipinski definition) is 3. The Balaban J connectivity index is 1.57. The third-order valence-corrected chi connectivity index (χ3v) is 3.67. The SMILES string of the molecule is O=C(NCCc1ccccn1)Nc1cnn(-c2cccc(C(F)(F)F)c2)c1. The highest BCUT2D eigenvalue weighted by Gasteiger charge is 2.30. The molecule has 3 rings (SSSR count). The molecule has 0 saturated carbocycles. The van der Waals surface area contributed by atoms with Crippen LogP contribution in [-0.4, -0.2) is 27.3 Å². The molecule has 2 N–H and O–H groups in total. The lowest BCUT2D eigenvalue weighted by Gasteiger charge is -2.08. The van der Waals surface area contributed by atoms with E-state index in [2.05, 4.69) is 20.7 Å². The van der Waals surface area contributed by atoms with Crippen molar-refractivity contribution in [1.29, 1.82) is 0 Å². The second-order valence-electron chi connectivity index (χ2n) is 5.67. The summed E-state index contributed by atoms with van der Waals surface area (Å²) in [5, 5.41) is 9.26. The summed E-state index contributed by atoms with van der Waals surface area (Å²) >= 11 is 0. The molecule has 0 atom stereocenters. The second-order valence-corrected chi connectivity index (χ2v) is 5.67. The van der Waals surface area contributed by atoms with E-state index >= 15 is 0 Å². The van der Waals surface area contributed by atoms with Gasteiger partial charge in [-0.25, -0.2) is 9.48 Å². The van der Waals surface area contributed by atoms with Gasteiger partial charge in [0.1, 0.15) is 0 Å². The van der Waals surface area contributed by atoms with Crippen molar-refractivity contribution >= 4 is 11.7 Å². The van der Waals surface area contributed by atoms with Gasteiger partial charge >= 0.3 is 12.2 Å². The van der Waals surface area contributed by atoms with Crippen LogP contribution in [-0.2, 0) is 12.6 Å². The fraction of sp³-hybridized carbons (Fsp3) is 0.167. The minimum absolute atomic E-state index is 0.244. The molecule has 0 aliphatic heterocycles. The summed E-state index contributed by atoms with van der Waals surface area (Å²) in [7, 11) is 0. The third-order valence-electron chi connectivity index (χ3n) is 3.67. The van der Waals surface area contributed by atoms with Gasteiger partial charge in [-0.2, -0.15) is 18.3 Å². The van der Waals surface area contributed by atoms with Gasteiger partial charge in [0, 0.05) is 24.9 Å². The molecule has 0 spiro atoms. The number of carbonyl (C=O) groups excluding carboxylic acids is 1. The molecular formula is C18H16F3N5O. The first-order chi connectivity index (χ1) is 12.9. The van der Waals surface area contributed by atoms with Gasteiger partial charge in [0.05, 0.1) is 29.3 Å². The number of anilines is 1. The predicted octanol–water partition coefficient (Wildman–Crippen LogP) is 3.65. The lowest BCUT2D eigenvalue weighted by molar-refractivity contribution is -0.137. The Morgan fingerprint density at radius 2 is 2.00 bits per heavy atom. The first kappa shape index (κ1) is 18.4. The van der Waals surface area contributed by atoms with E-state index in [1.54, 1.807) is 6.20 Å². The largest absolute Gasteiger partial charge is 0.416 e. The number of aromatic nitrogens is 3. The van der Waals surface area contributed by atoms with Crippen molar-refractivity contribution < 1.29 is 18.0 Å². The van der Waals surface area contributed by atoms with E-state index in [0.717, 1.165) is 17.8 Å².